The zero-order valence-electron chi connectivity index (χ0n) is 8.77. The molecular weight excluding hydrogens is 180 g/mol. The minimum Gasteiger partial charge on any atom is -0.0806 e. The van der Waals surface area contributed by atoms with Gasteiger partial charge in [-0.15, -0.1) is 0 Å². The first-order valence-corrected chi connectivity index (χ1v) is 5.39. The Hall–Kier alpha value is -1.56. The third kappa shape index (κ3) is 1.37. The van der Waals surface area contributed by atoms with Gasteiger partial charge in [-0.05, 0) is 27.8 Å². The molecule has 0 aromatic heterocycles. The Morgan fingerprint density at radius 1 is 1.00 bits per heavy atom. The predicted octanol–water partition coefficient (Wildman–Crippen LogP) is 4.07. The number of benzene rings is 2. The topological polar surface area (TPSA) is 0 Å². The van der Waals surface area contributed by atoms with Gasteiger partial charge in [-0.3, -0.25) is 0 Å². The van der Waals surface area contributed by atoms with Crippen LogP contribution in [0, 0.1) is 6.42 Å². The molecule has 0 amide bonds. The molecule has 0 N–H and O–H groups in total. The van der Waals surface area contributed by atoms with E-state index in [1.165, 1.54) is 21.9 Å². The molecule has 0 bridgehead atoms. The molecule has 0 fully saturated rings. The zero-order chi connectivity index (χ0) is 10.3. The summed E-state index contributed by atoms with van der Waals surface area (Å²) in [6.45, 7) is 2.25. The van der Waals surface area contributed by atoms with Crippen LogP contribution in [-0.4, -0.2) is 0 Å². The molecule has 0 nitrogen and oxygen atoms in total. The highest BCUT2D eigenvalue weighted by Gasteiger charge is 2.12. The lowest BCUT2D eigenvalue weighted by atomic mass is 9.87. The van der Waals surface area contributed by atoms with Crippen LogP contribution >= 0.6 is 0 Å². The molecule has 15 heavy (non-hydrogen) atoms. The van der Waals surface area contributed by atoms with E-state index in [-0.39, 0.29) is 0 Å². The summed E-state index contributed by atoms with van der Waals surface area (Å²) in [4.78, 5) is 0. The largest absolute Gasteiger partial charge is 0.0806 e. The van der Waals surface area contributed by atoms with Gasteiger partial charge in [-0.2, -0.15) is 0 Å². The Balaban J connectivity index is 2.30. The van der Waals surface area contributed by atoms with Crippen LogP contribution in [0.2, 0.25) is 0 Å². The van der Waals surface area contributed by atoms with Gasteiger partial charge in [0.2, 0.25) is 0 Å². The van der Waals surface area contributed by atoms with Crippen molar-refractivity contribution in [2.75, 3.05) is 0 Å². The number of hydrogen-bond acceptors (Lipinski definition) is 0. The van der Waals surface area contributed by atoms with E-state index in [0.29, 0.717) is 5.92 Å². The smallest absolute Gasteiger partial charge is 0.0125 e. The molecule has 0 saturated heterocycles. The second kappa shape index (κ2) is 3.23. The molecule has 2 aromatic rings. The standard InChI is InChI=1S/C15H13/c1-11-5-4-8-14-9-12-6-2-3-7-13(12)10-15(11)14/h2-11H,1H3. The van der Waals surface area contributed by atoms with E-state index in [1.807, 2.05) is 0 Å². The van der Waals surface area contributed by atoms with Crippen LogP contribution in [0.3, 0.4) is 0 Å². The monoisotopic (exact) mass is 193 g/mol. The van der Waals surface area contributed by atoms with E-state index in [9.17, 15) is 0 Å². The van der Waals surface area contributed by atoms with E-state index in [2.05, 4.69) is 61.9 Å². The van der Waals surface area contributed by atoms with Crippen molar-refractivity contribution in [2.45, 2.75) is 12.8 Å². The molecule has 3 rings (SSSR count). The fraction of sp³-hybridized carbons (Fsp3) is 0.133. The van der Waals surface area contributed by atoms with Crippen molar-refractivity contribution in [2.24, 2.45) is 0 Å². The fourth-order valence-electron chi connectivity index (χ4n) is 2.24. The van der Waals surface area contributed by atoms with Crippen molar-refractivity contribution in [1.29, 1.82) is 0 Å². The van der Waals surface area contributed by atoms with Crippen LogP contribution in [0.5, 0.6) is 0 Å². The summed E-state index contributed by atoms with van der Waals surface area (Å²) in [6, 6.07) is 13.1. The molecular formula is C15H13. The maximum absolute atomic E-state index is 2.31. The molecule has 1 atom stereocenters. The second-order valence-electron chi connectivity index (χ2n) is 4.17. The van der Waals surface area contributed by atoms with E-state index < -0.39 is 0 Å². The normalized spacial score (nSPS) is 19.1. The molecule has 1 aliphatic carbocycles. The van der Waals surface area contributed by atoms with Gasteiger partial charge in [-0.1, -0.05) is 55.5 Å². The average Bonchev–Trinajstić information content (AvgIpc) is 2.27. The van der Waals surface area contributed by atoms with Gasteiger partial charge < -0.3 is 0 Å². The van der Waals surface area contributed by atoms with Crippen LogP contribution in [-0.2, 0) is 0 Å². The lowest BCUT2D eigenvalue weighted by Gasteiger charge is -2.17. The third-order valence-corrected chi connectivity index (χ3v) is 3.12. The van der Waals surface area contributed by atoms with Crippen molar-refractivity contribution in [3.63, 3.8) is 0 Å². The molecule has 1 aliphatic rings. The Morgan fingerprint density at radius 2 is 1.73 bits per heavy atom. The number of rotatable bonds is 0. The lowest BCUT2D eigenvalue weighted by molar-refractivity contribution is 0.944. The first-order valence-electron chi connectivity index (χ1n) is 5.39. The summed E-state index contributed by atoms with van der Waals surface area (Å²) in [6.07, 6.45) is 6.60. The first kappa shape index (κ1) is 8.72. The summed E-state index contributed by atoms with van der Waals surface area (Å²) >= 11 is 0. The number of fused-ring (bicyclic) bond motifs is 2. The minimum absolute atomic E-state index is 0.537. The van der Waals surface area contributed by atoms with Gasteiger partial charge >= 0.3 is 0 Å². The van der Waals surface area contributed by atoms with Gasteiger partial charge in [0.25, 0.3) is 0 Å². The first-order chi connectivity index (χ1) is 7.34. The molecule has 1 unspecified atom stereocenters. The Morgan fingerprint density at radius 3 is 2.53 bits per heavy atom. The highest BCUT2D eigenvalue weighted by molar-refractivity contribution is 5.85. The maximum atomic E-state index is 2.31. The molecule has 1 radical (unpaired) electrons. The fourth-order valence-corrected chi connectivity index (χ4v) is 2.24. The maximum Gasteiger partial charge on any atom is 0.0125 e. The van der Waals surface area contributed by atoms with Gasteiger partial charge in [0.05, 0.1) is 0 Å². The van der Waals surface area contributed by atoms with Crippen molar-refractivity contribution in [3.8, 4) is 0 Å². The molecule has 0 heteroatoms. The molecule has 0 saturated carbocycles. The average molecular weight is 193 g/mol. The Labute approximate surface area is 90.2 Å². The van der Waals surface area contributed by atoms with Gasteiger partial charge in [0.1, 0.15) is 0 Å². The summed E-state index contributed by atoms with van der Waals surface area (Å²) in [7, 11) is 0. The van der Waals surface area contributed by atoms with Crippen LogP contribution in [0.4, 0.5) is 0 Å². The zero-order valence-corrected chi connectivity index (χ0v) is 8.77. The number of hydrogen-bond donors (Lipinski definition) is 0. The highest BCUT2D eigenvalue weighted by atomic mass is 14.2. The van der Waals surface area contributed by atoms with Crippen LogP contribution in [0.15, 0.2) is 48.6 Å². The third-order valence-electron chi connectivity index (χ3n) is 3.12. The van der Waals surface area contributed by atoms with Crippen LogP contribution < -0.4 is 0 Å². The van der Waals surface area contributed by atoms with Gasteiger partial charge in [-0.25, -0.2) is 0 Å². The summed E-state index contributed by atoms with van der Waals surface area (Å²) in [5, 5.41) is 2.67. The van der Waals surface area contributed by atoms with Crippen LogP contribution in [0.1, 0.15) is 24.0 Å². The molecule has 0 heterocycles. The summed E-state index contributed by atoms with van der Waals surface area (Å²) < 4.78 is 0. The van der Waals surface area contributed by atoms with E-state index in [1.54, 1.807) is 0 Å². The molecule has 2 aromatic carbocycles. The Kier molecular flexibility index (Phi) is 1.88. The van der Waals surface area contributed by atoms with Gasteiger partial charge in [0, 0.05) is 6.42 Å². The van der Waals surface area contributed by atoms with E-state index in [0.717, 1.165) is 0 Å². The molecule has 73 valence electrons. The minimum atomic E-state index is 0.537. The summed E-state index contributed by atoms with van der Waals surface area (Å²) in [5.74, 6) is 0.537. The molecule has 0 aliphatic heterocycles. The van der Waals surface area contributed by atoms with Crippen molar-refractivity contribution < 1.29 is 0 Å². The second-order valence-corrected chi connectivity index (χ2v) is 4.17. The highest BCUT2D eigenvalue weighted by Crippen LogP contribution is 2.31. The van der Waals surface area contributed by atoms with Crippen molar-refractivity contribution in [3.05, 3.63) is 66.1 Å². The SMILES string of the molecule is CC1C=C[CH]c2cc3ccccc3cc21. The van der Waals surface area contributed by atoms with E-state index in [4.69, 9.17) is 0 Å². The van der Waals surface area contributed by atoms with Gasteiger partial charge in [0.15, 0.2) is 0 Å². The molecule has 0 spiro atoms. The summed E-state index contributed by atoms with van der Waals surface area (Å²) in [5.41, 5.74) is 2.81. The number of allylic oxidation sites excluding steroid dienone is 2. The van der Waals surface area contributed by atoms with Crippen molar-refractivity contribution >= 4 is 10.8 Å². The van der Waals surface area contributed by atoms with E-state index >= 15 is 0 Å². The van der Waals surface area contributed by atoms with Crippen LogP contribution in [0.25, 0.3) is 10.8 Å². The predicted molar refractivity (Wildman–Crippen MR) is 64.9 cm³/mol. The van der Waals surface area contributed by atoms with Crippen molar-refractivity contribution in [1.82, 2.24) is 0 Å². The quantitative estimate of drug-likeness (QED) is 0.591. The Bertz CT molecular complexity index is 535. The lowest BCUT2D eigenvalue weighted by Crippen LogP contribution is -2.00.